The summed E-state index contributed by atoms with van der Waals surface area (Å²) in [6.07, 6.45) is 1.38. The highest BCUT2D eigenvalue weighted by Gasteiger charge is 2.39. The lowest BCUT2D eigenvalue weighted by atomic mass is 10.0. The molecule has 3 unspecified atom stereocenters. The molecule has 1 N–H and O–H groups in total. The summed E-state index contributed by atoms with van der Waals surface area (Å²) in [7, 11) is 0. The van der Waals surface area contributed by atoms with Crippen LogP contribution in [-0.2, 0) is 0 Å². The van der Waals surface area contributed by atoms with Crippen molar-refractivity contribution in [1.29, 1.82) is 0 Å². The predicted molar refractivity (Wildman–Crippen MR) is 60.1 cm³/mol. The molecule has 1 aliphatic rings. The van der Waals surface area contributed by atoms with E-state index < -0.39 is 0 Å². The highest BCUT2D eigenvalue weighted by atomic mass is 14.9. The summed E-state index contributed by atoms with van der Waals surface area (Å²) in [5, 5.41) is 3.59. The van der Waals surface area contributed by atoms with Gasteiger partial charge in [-0.25, -0.2) is 0 Å². The SMILES string of the molecule is CCNC(c1ccccc1)C1CC1C. The highest BCUT2D eigenvalue weighted by Crippen LogP contribution is 2.46. The Morgan fingerprint density at radius 1 is 1.36 bits per heavy atom. The van der Waals surface area contributed by atoms with Gasteiger partial charge in [0.15, 0.2) is 0 Å². The molecule has 0 aliphatic heterocycles. The molecule has 2 rings (SSSR count). The molecular weight excluding hydrogens is 170 g/mol. The van der Waals surface area contributed by atoms with Gasteiger partial charge in [-0.15, -0.1) is 0 Å². The Balaban J connectivity index is 2.11. The first-order chi connectivity index (χ1) is 6.83. The van der Waals surface area contributed by atoms with E-state index in [1.807, 2.05) is 0 Å². The summed E-state index contributed by atoms with van der Waals surface area (Å²) in [5.74, 6) is 1.76. The third kappa shape index (κ3) is 1.98. The van der Waals surface area contributed by atoms with Crippen LogP contribution in [0.5, 0.6) is 0 Å². The first-order valence-electron chi connectivity index (χ1n) is 5.61. The van der Waals surface area contributed by atoms with Gasteiger partial charge in [0.2, 0.25) is 0 Å². The van der Waals surface area contributed by atoms with Gasteiger partial charge >= 0.3 is 0 Å². The van der Waals surface area contributed by atoms with Crippen LogP contribution in [0.15, 0.2) is 30.3 Å². The van der Waals surface area contributed by atoms with Gasteiger partial charge in [-0.3, -0.25) is 0 Å². The molecule has 1 aromatic carbocycles. The van der Waals surface area contributed by atoms with Gasteiger partial charge in [0.25, 0.3) is 0 Å². The number of hydrogen-bond donors (Lipinski definition) is 1. The molecule has 1 heteroatoms. The molecule has 0 bridgehead atoms. The number of benzene rings is 1. The normalized spacial score (nSPS) is 27.3. The van der Waals surface area contributed by atoms with Gasteiger partial charge < -0.3 is 5.32 Å². The molecule has 76 valence electrons. The molecule has 3 atom stereocenters. The second-order valence-electron chi connectivity index (χ2n) is 4.32. The summed E-state index contributed by atoms with van der Waals surface area (Å²) >= 11 is 0. The summed E-state index contributed by atoms with van der Waals surface area (Å²) in [5.41, 5.74) is 1.45. The summed E-state index contributed by atoms with van der Waals surface area (Å²) in [6, 6.07) is 11.4. The lowest BCUT2D eigenvalue weighted by Crippen LogP contribution is -2.23. The van der Waals surface area contributed by atoms with E-state index in [4.69, 9.17) is 0 Å². The zero-order valence-corrected chi connectivity index (χ0v) is 9.03. The summed E-state index contributed by atoms with van der Waals surface area (Å²) in [6.45, 7) is 5.59. The zero-order valence-electron chi connectivity index (χ0n) is 9.03. The van der Waals surface area contributed by atoms with Crippen molar-refractivity contribution >= 4 is 0 Å². The Morgan fingerprint density at radius 3 is 2.50 bits per heavy atom. The van der Waals surface area contributed by atoms with Crippen molar-refractivity contribution in [3.05, 3.63) is 35.9 Å². The van der Waals surface area contributed by atoms with Crippen LogP contribution in [-0.4, -0.2) is 6.54 Å². The Bertz CT molecular complexity index is 281. The third-order valence-electron chi connectivity index (χ3n) is 3.18. The molecule has 0 heterocycles. The average Bonchev–Trinajstić information content (AvgIpc) is 2.93. The van der Waals surface area contributed by atoms with Crippen molar-refractivity contribution in [2.75, 3.05) is 6.54 Å². The minimum atomic E-state index is 0.580. The van der Waals surface area contributed by atoms with Gasteiger partial charge in [-0.1, -0.05) is 44.2 Å². The Kier molecular flexibility index (Phi) is 2.87. The quantitative estimate of drug-likeness (QED) is 0.767. The molecule has 0 aromatic heterocycles. The monoisotopic (exact) mass is 189 g/mol. The predicted octanol–water partition coefficient (Wildman–Crippen LogP) is 2.99. The fourth-order valence-corrected chi connectivity index (χ4v) is 2.21. The van der Waals surface area contributed by atoms with E-state index in [0.717, 1.165) is 18.4 Å². The number of hydrogen-bond acceptors (Lipinski definition) is 1. The maximum Gasteiger partial charge on any atom is 0.0351 e. The van der Waals surface area contributed by atoms with E-state index in [2.05, 4.69) is 49.5 Å². The molecule has 1 nitrogen and oxygen atoms in total. The molecular formula is C13H19N. The smallest absolute Gasteiger partial charge is 0.0351 e. The van der Waals surface area contributed by atoms with Gasteiger partial charge in [-0.05, 0) is 30.4 Å². The maximum absolute atomic E-state index is 3.59. The summed E-state index contributed by atoms with van der Waals surface area (Å²) < 4.78 is 0. The second kappa shape index (κ2) is 4.14. The Labute approximate surface area is 86.5 Å². The molecule has 0 saturated heterocycles. The number of rotatable bonds is 4. The Morgan fingerprint density at radius 2 is 2.00 bits per heavy atom. The van der Waals surface area contributed by atoms with E-state index >= 15 is 0 Å². The fourth-order valence-electron chi connectivity index (χ4n) is 2.21. The molecule has 1 fully saturated rings. The number of nitrogens with one attached hydrogen (secondary N) is 1. The topological polar surface area (TPSA) is 12.0 Å². The second-order valence-corrected chi connectivity index (χ2v) is 4.32. The van der Waals surface area contributed by atoms with Crippen LogP contribution in [0.25, 0.3) is 0 Å². The van der Waals surface area contributed by atoms with Crippen LogP contribution >= 0.6 is 0 Å². The van der Waals surface area contributed by atoms with Crippen molar-refractivity contribution in [1.82, 2.24) is 5.32 Å². The van der Waals surface area contributed by atoms with Crippen molar-refractivity contribution in [2.24, 2.45) is 11.8 Å². The van der Waals surface area contributed by atoms with Gasteiger partial charge in [0, 0.05) is 6.04 Å². The molecule has 0 spiro atoms. The Hall–Kier alpha value is -0.820. The van der Waals surface area contributed by atoms with Crippen molar-refractivity contribution in [3.63, 3.8) is 0 Å². The first-order valence-corrected chi connectivity index (χ1v) is 5.61. The van der Waals surface area contributed by atoms with E-state index in [1.165, 1.54) is 12.0 Å². The van der Waals surface area contributed by atoms with Crippen LogP contribution in [0, 0.1) is 11.8 Å². The van der Waals surface area contributed by atoms with E-state index in [9.17, 15) is 0 Å². The van der Waals surface area contributed by atoms with Crippen LogP contribution in [0.1, 0.15) is 31.9 Å². The average molecular weight is 189 g/mol. The maximum atomic E-state index is 3.59. The molecule has 1 aliphatic carbocycles. The van der Waals surface area contributed by atoms with Gasteiger partial charge in [0.1, 0.15) is 0 Å². The first kappa shape index (κ1) is 9.72. The van der Waals surface area contributed by atoms with Crippen LogP contribution < -0.4 is 5.32 Å². The van der Waals surface area contributed by atoms with E-state index in [1.54, 1.807) is 0 Å². The minimum absolute atomic E-state index is 0.580. The van der Waals surface area contributed by atoms with Gasteiger partial charge in [0.05, 0.1) is 0 Å². The van der Waals surface area contributed by atoms with Crippen molar-refractivity contribution in [3.8, 4) is 0 Å². The molecule has 1 aromatic rings. The molecule has 0 amide bonds. The zero-order chi connectivity index (χ0) is 9.97. The molecule has 0 radical (unpaired) electrons. The van der Waals surface area contributed by atoms with Gasteiger partial charge in [-0.2, -0.15) is 0 Å². The van der Waals surface area contributed by atoms with Crippen molar-refractivity contribution in [2.45, 2.75) is 26.3 Å². The lowest BCUT2D eigenvalue weighted by molar-refractivity contribution is 0.476. The van der Waals surface area contributed by atoms with Crippen molar-refractivity contribution < 1.29 is 0 Å². The van der Waals surface area contributed by atoms with Crippen LogP contribution in [0.4, 0.5) is 0 Å². The fraction of sp³-hybridized carbons (Fsp3) is 0.538. The lowest BCUT2D eigenvalue weighted by Gasteiger charge is -2.18. The van der Waals surface area contributed by atoms with E-state index in [0.29, 0.717) is 6.04 Å². The standard InChI is InChI=1S/C13H19N/c1-3-14-13(12-9-10(12)2)11-7-5-4-6-8-11/h4-8,10,12-14H,3,9H2,1-2H3. The highest BCUT2D eigenvalue weighted by molar-refractivity contribution is 5.21. The third-order valence-corrected chi connectivity index (χ3v) is 3.18. The molecule has 1 saturated carbocycles. The van der Waals surface area contributed by atoms with E-state index in [-0.39, 0.29) is 0 Å². The van der Waals surface area contributed by atoms with Crippen LogP contribution in [0.3, 0.4) is 0 Å². The largest absolute Gasteiger partial charge is 0.310 e. The van der Waals surface area contributed by atoms with Crippen LogP contribution in [0.2, 0.25) is 0 Å². The molecule has 14 heavy (non-hydrogen) atoms. The minimum Gasteiger partial charge on any atom is -0.310 e. The summed E-state index contributed by atoms with van der Waals surface area (Å²) in [4.78, 5) is 0.